The maximum absolute atomic E-state index is 12.2. The summed E-state index contributed by atoms with van der Waals surface area (Å²) in [6.45, 7) is 3.86. The van der Waals surface area contributed by atoms with Gasteiger partial charge in [0.05, 0.1) is 0 Å². The van der Waals surface area contributed by atoms with Crippen LogP contribution in [0.1, 0.15) is 23.2 Å². The number of amides is 2. The lowest BCUT2D eigenvalue weighted by molar-refractivity contribution is -0.127. The molecule has 0 bridgehead atoms. The predicted molar refractivity (Wildman–Crippen MR) is 116 cm³/mol. The Hall–Kier alpha value is -3.10. The van der Waals surface area contributed by atoms with Crippen LogP contribution in [0.3, 0.4) is 0 Å². The third-order valence-corrected chi connectivity index (χ3v) is 4.73. The van der Waals surface area contributed by atoms with Crippen molar-refractivity contribution < 1.29 is 18.8 Å². The van der Waals surface area contributed by atoms with E-state index in [2.05, 4.69) is 20.8 Å². The van der Waals surface area contributed by atoms with E-state index in [1.807, 2.05) is 6.92 Å². The lowest BCUT2D eigenvalue weighted by Gasteiger charge is -2.16. The zero-order valence-electron chi connectivity index (χ0n) is 16.8. The minimum absolute atomic E-state index is 0.175. The highest BCUT2D eigenvalue weighted by molar-refractivity contribution is 6.30. The first-order valence-corrected chi connectivity index (χ1v) is 10.2. The van der Waals surface area contributed by atoms with Crippen LogP contribution in [0.2, 0.25) is 10.0 Å². The molecule has 8 nitrogen and oxygen atoms in total. The number of hydrogen-bond acceptors (Lipinski definition) is 6. The second kappa shape index (κ2) is 10.3. The van der Waals surface area contributed by atoms with Crippen LogP contribution in [-0.2, 0) is 4.79 Å². The molecule has 10 heteroatoms. The number of aromatic nitrogens is 2. The summed E-state index contributed by atoms with van der Waals surface area (Å²) in [5.41, 5.74) is 1.50. The van der Waals surface area contributed by atoms with Crippen molar-refractivity contribution in [2.45, 2.75) is 20.0 Å². The summed E-state index contributed by atoms with van der Waals surface area (Å²) >= 11 is 11.8. The molecule has 1 atom stereocenters. The van der Waals surface area contributed by atoms with Gasteiger partial charge >= 0.3 is 11.8 Å². The Balaban J connectivity index is 1.43. The van der Waals surface area contributed by atoms with Crippen molar-refractivity contribution in [3.05, 3.63) is 64.0 Å². The number of halogens is 2. The predicted octanol–water partition coefficient (Wildman–Crippen LogP) is 3.67. The number of aryl methyl sites for hydroxylation is 1. The van der Waals surface area contributed by atoms with Gasteiger partial charge < -0.3 is 19.9 Å². The number of carbonyl (C=O) groups is 2. The largest absolute Gasteiger partial charge is 0.481 e. The van der Waals surface area contributed by atoms with Crippen LogP contribution in [0.25, 0.3) is 11.4 Å². The van der Waals surface area contributed by atoms with Gasteiger partial charge in [0.2, 0.25) is 5.82 Å². The van der Waals surface area contributed by atoms with Crippen LogP contribution in [-0.4, -0.2) is 41.1 Å². The Bertz CT molecular complexity index is 1070. The Kier molecular flexibility index (Phi) is 7.49. The molecule has 0 fully saturated rings. The van der Waals surface area contributed by atoms with Gasteiger partial charge in [-0.25, -0.2) is 0 Å². The standard InChI is InChI=1S/C21H20Cl2N4O4/c1-12-11-16(23)7-8-17(12)30-13(2)19(28)24-9-10-25-20(29)21-26-18(27-31-21)14-3-5-15(22)6-4-14/h3-8,11,13H,9-10H2,1-2H3,(H,24,28)(H,25,29). The van der Waals surface area contributed by atoms with Gasteiger partial charge in [0, 0.05) is 28.7 Å². The second-order valence-electron chi connectivity index (χ2n) is 6.65. The van der Waals surface area contributed by atoms with Crippen LogP contribution in [0.15, 0.2) is 47.0 Å². The number of hydrogen-bond donors (Lipinski definition) is 2. The van der Waals surface area contributed by atoms with Gasteiger partial charge in [-0.2, -0.15) is 4.98 Å². The Morgan fingerprint density at radius 2 is 1.74 bits per heavy atom. The molecule has 0 saturated heterocycles. The first-order chi connectivity index (χ1) is 14.8. The second-order valence-corrected chi connectivity index (χ2v) is 7.52. The van der Waals surface area contributed by atoms with Crippen molar-refractivity contribution in [1.29, 1.82) is 0 Å². The highest BCUT2D eigenvalue weighted by atomic mass is 35.5. The molecule has 1 heterocycles. The molecule has 2 aromatic carbocycles. The molecule has 162 valence electrons. The number of benzene rings is 2. The SMILES string of the molecule is Cc1cc(Cl)ccc1OC(C)C(=O)NCCNC(=O)c1nc(-c2ccc(Cl)cc2)no1. The van der Waals surface area contributed by atoms with E-state index in [1.54, 1.807) is 49.4 Å². The third-order valence-electron chi connectivity index (χ3n) is 4.24. The highest BCUT2D eigenvalue weighted by Crippen LogP contribution is 2.23. The van der Waals surface area contributed by atoms with Crippen molar-refractivity contribution in [1.82, 2.24) is 20.8 Å². The Morgan fingerprint density at radius 3 is 2.45 bits per heavy atom. The van der Waals surface area contributed by atoms with Gasteiger partial charge in [0.15, 0.2) is 6.10 Å². The first-order valence-electron chi connectivity index (χ1n) is 9.42. The molecule has 0 radical (unpaired) electrons. The smallest absolute Gasteiger partial charge is 0.316 e. The molecule has 0 spiro atoms. The van der Waals surface area contributed by atoms with E-state index in [1.165, 1.54) is 0 Å². The normalized spacial score (nSPS) is 11.6. The summed E-state index contributed by atoms with van der Waals surface area (Å²) in [5, 5.41) is 10.3. The number of nitrogens with one attached hydrogen (secondary N) is 2. The summed E-state index contributed by atoms with van der Waals surface area (Å²) in [6, 6.07) is 12.0. The van der Waals surface area contributed by atoms with Crippen molar-refractivity contribution in [2.75, 3.05) is 13.1 Å². The fourth-order valence-corrected chi connectivity index (χ4v) is 2.95. The molecule has 0 aliphatic heterocycles. The summed E-state index contributed by atoms with van der Waals surface area (Å²) in [6.07, 6.45) is -0.714. The molecule has 3 rings (SSSR count). The van der Waals surface area contributed by atoms with Crippen molar-refractivity contribution >= 4 is 35.0 Å². The van der Waals surface area contributed by atoms with Crippen LogP contribution in [0, 0.1) is 6.92 Å². The van der Waals surface area contributed by atoms with Crippen molar-refractivity contribution in [3.8, 4) is 17.1 Å². The maximum Gasteiger partial charge on any atom is 0.316 e. The van der Waals surface area contributed by atoms with E-state index in [4.69, 9.17) is 32.5 Å². The lowest BCUT2D eigenvalue weighted by atomic mass is 10.2. The molecule has 1 aromatic heterocycles. The number of nitrogens with zero attached hydrogens (tertiary/aromatic N) is 2. The minimum Gasteiger partial charge on any atom is -0.481 e. The average Bonchev–Trinajstić information content (AvgIpc) is 3.23. The van der Waals surface area contributed by atoms with Gasteiger partial charge in [-0.3, -0.25) is 9.59 Å². The molecule has 0 aliphatic rings. The van der Waals surface area contributed by atoms with Crippen LogP contribution in [0.4, 0.5) is 0 Å². The molecule has 2 N–H and O–H groups in total. The fourth-order valence-electron chi connectivity index (χ4n) is 2.60. The molecule has 1 unspecified atom stereocenters. The topological polar surface area (TPSA) is 106 Å². The molecule has 0 saturated carbocycles. The minimum atomic E-state index is -0.714. The van der Waals surface area contributed by atoms with Gasteiger partial charge in [0.25, 0.3) is 5.91 Å². The zero-order valence-corrected chi connectivity index (χ0v) is 18.3. The van der Waals surface area contributed by atoms with Gasteiger partial charge in [-0.1, -0.05) is 28.4 Å². The monoisotopic (exact) mass is 462 g/mol. The van der Waals surface area contributed by atoms with Crippen LogP contribution >= 0.6 is 23.2 Å². The van der Waals surface area contributed by atoms with E-state index in [0.29, 0.717) is 21.4 Å². The van der Waals surface area contributed by atoms with Gasteiger partial charge in [-0.05, 0) is 61.9 Å². The summed E-state index contributed by atoms with van der Waals surface area (Å²) in [4.78, 5) is 28.4. The molecular weight excluding hydrogens is 443 g/mol. The van der Waals surface area contributed by atoms with Crippen LogP contribution < -0.4 is 15.4 Å². The third kappa shape index (κ3) is 6.19. The highest BCUT2D eigenvalue weighted by Gasteiger charge is 2.17. The van der Waals surface area contributed by atoms with E-state index >= 15 is 0 Å². The fraction of sp³-hybridized carbons (Fsp3) is 0.238. The van der Waals surface area contributed by atoms with E-state index in [0.717, 1.165) is 5.56 Å². The summed E-state index contributed by atoms with van der Waals surface area (Å²) in [5.74, 6) is -0.174. The Morgan fingerprint density at radius 1 is 1.06 bits per heavy atom. The van der Waals surface area contributed by atoms with Gasteiger partial charge in [0.1, 0.15) is 5.75 Å². The molecule has 3 aromatic rings. The molecule has 2 amide bonds. The molecular formula is C21H20Cl2N4O4. The van der Waals surface area contributed by atoms with Crippen molar-refractivity contribution in [2.24, 2.45) is 0 Å². The number of carbonyl (C=O) groups excluding carboxylic acids is 2. The van der Waals surface area contributed by atoms with Crippen molar-refractivity contribution in [3.63, 3.8) is 0 Å². The number of ether oxygens (including phenoxy) is 1. The average molecular weight is 463 g/mol. The van der Waals surface area contributed by atoms with Gasteiger partial charge in [-0.15, -0.1) is 0 Å². The van der Waals surface area contributed by atoms with Crippen LogP contribution in [0.5, 0.6) is 5.75 Å². The quantitative estimate of drug-likeness (QED) is 0.494. The first kappa shape index (κ1) is 22.6. The summed E-state index contributed by atoms with van der Waals surface area (Å²) < 4.78 is 10.7. The lowest BCUT2D eigenvalue weighted by Crippen LogP contribution is -2.40. The van der Waals surface area contributed by atoms with E-state index in [9.17, 15) is 9.59 Å². The summed E-state index contributed by atoms with van der Waals surface area (Å²) in [7, 11) is 0. The molecule has 0 aliphatic carbocycles. The number of rotatable bonds is 8. The molecule has 31 heavy (non-hydrogen) atoms. The van der Waals surface area contributed by atoms with E-state index in [-0.39, 0.29) is 30.7 Å². The Labute approximate surface area is 188 Å². The van der Waals surface area contributed by atoms with E-state index < -0.39 is 12.0 Å². The zero-order chi connectivity index (χ0) is 22.4. The maximum atomic E-state index is 12.2.